The molecule has 19 heavy (non-hydrogen) atoms. The highest BCUT2D eigenvalue weighted by atomic mass is 16.5. The van der Waals surface area contributed by atoms with Crippen molar-refractivity contribution in [3.8, 4) is 5.75 Å². The van der Waals surface area contributed by atoms with E-state index in [2.05, 4.69) is 10.2 Å². The zero-order valence-corrected chi connectivity index (χ0v) is 12.3. The van der Waals surface area contributed by atoms with Gasteiger partial charge in [-0.1, -0.05) is 12.1 Å². The standard InChI is InChI=1S/C15H24N2O2/c1-12(16-10-7-11-17(2)3)15(18)13-8-5-6-9-14(13)19-4/h5-6,8-9,12,16H,7,10-11H2,1-4H3. The third-order valence-corrected chi connectivity index (χ3v) is 3.00. The van der Waals surface area contributed by atoms with Crippen LogP contribution >= 0.6 is 0 Å². The van der Waals surface area contributed by atoms with Crippen LogP contribution in [-0.2, 0) is 0 Å². The van der Waals surface area contributed by atoms with Gasteiger partial charge in [-0.25, -0.2) is 0 Å². The van der Waals surface area contributed by atoms with Crippen molar-refractivity contribution in [3.63, 3.8) is 0 Å². The summed E-state index contributed by atoms with van der Waals surface area (Å²) in [5.41, 5.74) is 0.637. The number of nitrogens with one attached hydrogen (secondary N) is 1. The smallest absolute Gasteiger partial charge is 0.183 e. The van der Waals surface area contributed by atoms with Crippen LogP contribution in [0.1, 0.15) is 23.7 Å². The van der Waals surface area contributed by atoms with Gasteiger partial charge in [0.1, 0.15) is 5.75 Å². The van der Waals surface area contributed by atoms with E-state index >= 15 is 0 Å². The molecule has 1 unspecified atom stereocenters. The third kappa shape index (κ3) is 5.01. The molecule has 1 aromatic carbocycles. The Bertz CT molecular complexity index is 405. The molecule has 0 spiro atoms. The summed E-state index contributed by atoms with van der Waals surface area (Å²) >= 11 is 0. The molecule has 0 saturated carbocycles. The number of hydrogen-bond donors (Lipinski definition) is 1. The fourth-order valence-corrected chi connectivity index (χ4v) is 1.89. The number of methoxy groups -OCH3 is 1. The van der Waals surface area contributed by atoms with Gasteiger partial charge >= 0.3 is 0 Å². The molecule has 0 saturated heterocycles. The lowest BCUT2D eigenvalue weighted by Gasteiger charge is -2.15. The van der Waals surface area contributed by atoms with E-state index in [9.17, 15) is 4.79 Å². The number of Topliss-reactive ketones (excluding diaryl/α,β-unsaturated/α-hetero) is 1. The first kappa shape index (κ1) is 15.7. The van der Waals surface area contributed by atoms with E-state index in [-0.39, 0.29) is 11.8 Å². The Kier molecular flexibility index (Phi) is 6.53. The first-order valence-electron chi connectivity index (χ1n) is 6.61. The van der Waals surface area contributed by atoms with Crippen molar-refractivity contribution in [2.24, 2.45) is 0 Å². The van der Waals surface area contributed by atoms with Gasteiger partial charge in [0.25, 0.3) is 0 Å². The lowest BCUT2D eigenvalue weighted by Crippen LogP contribution is -2.35. The molecule has 0 aliphatic rings. The second-order valence-electron chi connectivity index (χ2n) is 4.90. The van der Waals surface area contributed by atoms with Crippen molar-refractivity contribution in [2.75, 3.05) is 34.3 Å². The first-order valence-corrected chi connectivity index (χ1v) is 6.61. The second-order valence-corrected chi connectivity index (χ2v) is 4.90. The van der Waals surface area contributed by atoms with E-state index in [0.717, 1.165) is 19.5 Å². The third-order valence-electron chi connectivity index (χ3n) is 3.00. The molecule has 4 heteroatoms. The number of carbonyl (C=O) groups is 1. The van der Waals surface area contributed by atoms with Crippen molar-refractivity contribution in [2.45, 2.75) is 19.4 Å². The molecule has 0 aliphatic heterocycles. The van der Waals surface area contributed by atoms with Gasteiger partial charge in [0, 0.05) is 0 Å². The number of benzene rings is 1. The number of hydrogen-bond acceptors (Lipinski definition) is 4. The largest absolute Gasteiger partial charge is 0.496 e. The van der Waals surface area contributed by atoms with Crippen molar-refractivity contribution in [3.05, 3.63) is 29.8 Å². The summed E-state index contributed by atoms with van der Waals surface area (Å²) in [6, 6.07) is 7.14. The highest BCUT2D eigenvalue weighted by Crippen LogP contribution is 2.18. The van der Waals surface area contributed by atoms with Crippen LogP contribution in [0.25, 0.3) is 0 Å². The van der Waals surface area contributed by atoms with Gasteiger partial charge in [0.15, 0.2) is 5.78 Å². The summed E-state index contributed by atoms with van der Waals surface area (Å²) in [6.07, 6.45) is 1.02. The minimum absolute atomic E-state index is 0.0716. The maximum Gasteiger partial charge on any atom is 0.183 e. The molecule has 0 heterocycles. The molecule has 0 aromatic heterocycles. The summed E-state index contributed by atoms with van der Waals surface area (Å²) < 4.78 is 5.22. The predicted molar refractivity (Wildman–Crippen MR) is 78.0 cm³/mol. The minimum Gasteiger partial charge on any atom is -0.496 e. The maximum absolute atomic E-state index is 12.3. The molecule has 1 rings (SSSR count). The normalized spacial score (nSPS) is 12.5. The average molecular weight is 264 g/mol. The van der Waals surface area contributed by atoms with Crippen LogP contribution in [0.3, 0.4) is 0 Å². The maximum atomic E-state index is 12.3. The zero-order valence-electron chi connectivity index (χ0n) is 12.3. The van der Waals surface area contributed by atoms with Crippen LogP contribution in [0, 0.1) is 0 Å². The molecule has 106 valence electrons. The van der Waals surface area contributed by atoms with Crippen molar-refractivity contribution in [1.82, 2.24) is 10.2 Å². The van der Waals surface area contributed by atoms with Crippen LogP contribution in [0.5, 0.6) is 5.75 Å². The summed E-state index contributed by atoms with van der Waals surface area (Å²) in [5.74, 6) is 0.705. The Balaban J connectivity index is 2.52. The molecule has 1 aromatic rings. The highest BCUT2D eigenvalue weighted by Gasteiger charge is 2.17. The van der Waals surface area contributed by atoms with Gasteiger partial charge in [-0.2, -0.15) is 0 Å². The van der Waals surface area contributed by atoms with E-state index in [1.54, 1.807) is 13.2 Å². The minimum atomic E-state index is -0.196. The molecule has 0 amide bonds. The summed E-state index contributed by atoms with van der Waals surface area (Å²) in [7, 11) is 5.67. The topological polar surface area (TPSA) is 41.6 Å². The Morgan fingerprint density at radius 1 is 1.37 bits per heavy atom. The summed E-state index contributed by atoms with van der Waals surface area (Å²) in [6.45, 7) is 3.74. The van der Waals surface area contributed by atoms with Gasteiger partial charge in [-0.05, 0) is 52.7 Å². The molecule has 0 bridgehead atoms. The molecule has 1 N–H and O–H groups in total. The average Bonchev–Trinajstić information content (AvgIpc) is 2.42. The van der Waals surface area contributed by atoms with Crippen molar-refractivity contribution < 1.29 is 9.53 Å². The summed E-state index contributed by atoms with van der Waals surface area (Å²) in [5, 5.41) is 3.26. The molecule has 1 atom stereocenters. The Labute approximate surface area is 115 Å². The molecule has 4 nitrogen and oxygen atoms in total. The fourth-order valence-electron chi connectivity index (χ4n) is 1.89. The van der Waals surface area contributed by atoms with Crippen LogP contribution in [0.2, 0.25) is 0 Å². The number of ketones is 1. The number of para-hydroxylation sites is 1. The molecule has 0 fully saturated rings. The monoisotopic (exact) mass is 264 g/mol. The molecular formula is C15H24N2O2. The van der Waals surface area contributed by atoms with Crippen LogP contribution < -0.4 is 10.1 Å². The zero-order chi connectivity index (χ0) is 14.3. The van der Waals surface area contributed by atoms with Gasteiger partial charge in [-0.3, -0.25) is 4.79 Å². The number of rotatable bonds is 8. The summed E-state index contributed by atoms with van der Waals surface area (Å²) in [4.78, 5) is 14.4. The van der Waals surface area contributed by atoms with Gasteiger partial charge < -0.3 is 15.0 Å². The van der Waals surface area contributed by atoms with E-state index in [1.807, 2.05) is 39.2 Å². The van der Waals surface area contributed by atoms with E-state index < -0.39 is 0 Å². The second kappa shape index (κ2) is 7.92. The van der Waals surface area contributed by atoms with Gasteiger partial charge in [-0.15, -0.1) is 0 Å². The van der Waals surface area contributed by atoms with Gasteiger partial charge in [0.05, 0.1) is 18.7 Å². The SMILES string of the molecule is COc1ccccc1C(=O)C(C)NCCCN(C)C. The van der Waals surface area contributed by atoms with Crippen molar-refractivity contribution >= 4 is 5.78 Å². The van der Waals surface area contributed by atoms with E-state index in [0.29, 0.717) is 11.3 Å². The van der Waals surface area contributed by atoms with Crippen LogP contribution in [-0.4, -0.2) is 51.0 Å². The number of ether oxygens (including phenoxy) is 1. The van der Waals surface area contributed by atoms with Gasteiger partial charge in [0.2, 0.25) is 0 Å². The molecular weight excluding hydrogens is 240 g/mol. The fraction of sp³-hybridized carbons (Fsp3) is 0.533. The number of carbonyl (C=O) groups excluding carboxylic acids is 1. The lowest BCUT2D eigenvalue weighted by atomic mass is 10.0. The van der Waals surface area contributed by atoms with E-state index in [1.165, 1.54) is 0 Å². The molecule has 0 radical (unpaired) electrons. The van der Waals surface area contributed by atoms with Crippen LogP contribution in [0.15, 0.2) is 24.3 Å². The first-order chi connectivity index (χ1) is 9.06. The quantitative estimate of drug-likeness (QED) is 0.574. The Morgan fingerprint density at radius 2 is 2.05 bits per heavy atom. The lowest BCUT2D eigenvalue weighted by molar-refractivity contribution is 0.0947. The Hall–Kier alpha value is -1.39. The molecule has 0 aliphatic carbocycles. The van der Waals surface area contributed by atoms with Crippen LogP contribution in [0.4, 0.5) is 0 Å². The Morgan fingerprint density at radius 3 is 2.68 bits per heavy atom. The van der Waals surface area contributed by atoms with Crippen molar-refractivity contribution in [1.29, 1.82) is 0 Å². The number of nitrogens with zero attached hydrogens (tertiary/aromatic N) is 1. The highest BCUT2D eigenvalue weighted by molar-refractivity contribution is 6.02. The predicted octanol–water partition coefficient (Wildman–Crippen LogP) is 1.81. The van der Waals surface area contributed by atoms with E-state index in [4.69, 9.17) is 4.74 Å².